The van der Waals surface area contributed by atoms with Gasteiger partial charge in [-0.25, -0.2) is 19.6 Å². The number of aryl methyl sites for hydroxylation is 3. The fourth-order valence-corrected chi connectivity index (χ4v) is 4.02. The summed E-state index contributed by atoms with van der Waals surface area (Å²) in [5.74, 6) is 1.03. The molecular formula is C23H34N6. The van der Waals surface area contributed by atoms with Crippen LogP contribution in [0.4, 0.5) is 5.82 Å². The minimum Gasteiger partial charge on any atom is -0.357 e. The van der Waals surface area contributed by atoms with Gasteiger partial charge in [-0.3, -0.25) is 0 Å². The Morgan fingerprint density at radius 1 is 0.966 bits per heavy atom. The first-order valence-electron chi connectivity index (χ1n) is 11.0. The van der Waals surface area contributed by atoms with Crippen LogP contribution in [0.5, 0.6) is 0 Å². The minimum atomic E-state index is 0.354. The summed E-state index contributed by atoms with van der Waals surface area (Å²) in [6, 6.07) is 2.56. The van der Waals surface area contributed by atoms with Crippen molar-refractivity contribution in [1.29, 1.82) is 0 Å². The van der Waals surface area contributed by atoms with Gasteiger partial charge in [-0.15, -0.1) is 0 Å². The van der Waals surface area contributed by atoms with Crippen LogP contribution in [0, 0.1) is 13.8 Å². The van der Waals surface area contributed by atoms with E-state index in [1.165, 1.54) is 5.56 Å². The summed E-state index contributed by atoms with van der Waals surface area (Å²) in [4.78, 5) is 17.0. The molecule has 0 amide bonds. The van der Waals surface area contributed by atoms with E-state index in [2.05, 4.69) is 50.3 Å². The Morgan fingerprint density at radius 3 is 2.24 bits per heavy atom. The van der Waals surface area contributed by atoms with Crippen LogP contribution < -0.4 is 4.90 Å². The fraction of sp³-hybridized carbons (Fsp3) is 0.565. The quantitative estimate of drug-likeness (QED) is 0.520. The van der Waals surface area contributed by atoms with Crippen molar-refractivity contribution in [2.45, 2.75) is 73.8 Å². The Morgan fingerprint density at radius 2 is 1.66 bits per heavy atom. The highest BCUT2D eigenvalue weighted by Crippen LogP contribution is 2.30. The van der Waals surface area contributed by atoms with Crippen molar-refractivity contribution >= 4 is 17.0 Å². The normalized spacial score (nSPS) is 11.6. The molecule has 156 valence electrons. The number of aromatic nitrogens is 5. The molecule has 6 nitrogen and oxygen atoms in total. The number of fused-ring (bicyclic) bond motifs is 1. The molecule has 0 aliphatic heterocycles. The van der Waals surface area contributed by atoms with Gasteiger partial charge in [0.2, 0.25) is 0 Å². The lowest BCUT2D eigenvalue weighted by atomic mass is 10.0. The second-order valence-corrected chi connectivity index (χ2v) is 7.56. The molecule has 0 radical (unpaired) electrons. The van der Waals surface area contributed by atoms with Gasteiger partial charge in [0, 0.05) is 24.8 Å². The molecule has 0 fully saturated rings. The molecule has 3 aromatic rings. The summed E-state index contributed by atoms with van der Waals surface area (Å²) >= 11 is 0. The van der Waals surface area contributed by atoms with Crippen LogP contribution in [0.15, 0.2) is 12.3 Å². The highest BCUT2D eigenvalue weighted by atomic mass is 15.3. The van der Waals surface area contributed by atoms with Gasteiger partial charge < -0.3 is 4.90 Å². The summed E-state index contributed by atoms with van der Waals surface area (Å²) in [6.45, 7) is 16.9. The van der Waals surface area contributed by atoms with Gasteiger partial charge in [-0.05, 0) is 58.6 Å². The molecule has 3 rings (SSSR count). The van der Waals surface area contributed by atoms with Crippen LogP contribution in [0.1, 0.15) is 70.5 Å². The Labute approximate surface area is 174 Å². The predicted octanol–water partition coefficient (Wildman–Crippen LogP) is 5.27. The number of hydrogen-bond donors (Lipinski definition) is 0. The largest absolute Gasteiger partial charge is 0.357 e. The van der Waals surface area contributed by atoms with E-state index in [0.717, 1.165) is 72.0 Å². The Hall–Kier alpha value is -2.50. The molecule has 0 aliphatic rings. The van der Waals surface area contributed by atoms with Crippen LogP contribution in [0.2, 0.25) is 0 Å². The second kappa shape index (κ2) is 8.89. The summed E-state index contributed by atoms with van der Waals surface area (Å²) in [7, 11) is 0. The van der Waals surface area contributed by atoms with Crippen molar-refractivity contribution in [3.8, 4) is 11.3 Å². The maximum atomic E-state index is 5.04. The maximum absolute atomic E-state index is 5.04. The van der Waals surface area contributed by atoms with Gasteiger partial charge >= 0.3 is 0 Å². The average molecular weight is 395 g/mol. The molecule has 0 aliphatic carbocycles. The van der Waals surface area contributed by atoms with Gasteiger partial charge in [-0.2, -0.15) is 5.10 Å². The van der Waals surface area contributed by atoms with E-state index in [0.29, 0.717) is 6.04 Å². The second-order valence-electron chi connectivity index (χ2n) is 7.56. The first-order chi connectivity index (χ1) is 14.0. The van der Waals surface area contributed by atoms with E-state index in [4.69, 9.17) is 20.1 Å². The highest BCUT2D eigenvalue weighted by molar-refractivity contribution is 5.79. The van der Waals surface area contributed by atoms with Crippen molar-refractivity contribution in [2.24, 2.45) is 0 Å². The summed E-state index contributed by atoms with van der Waals surface area (Å²) in [6.07, 6.45) is 4.96. The predicted molar refractivity (Wildman–Crippen MR) is 121 cm³/mol. The van der Waals surface area contributed by atoms with Gasteiger partial charge in [0.1, 0.15) is 11.3 Å². The van der Waals surface area contributed by atoms with Crippen LogP contribution in [-0.4, -0.2) is 37.8 Å². The standard InChI is InChI=1S/C23H34N6/c1-8-17-13-20(28(11-4)12-5)24-14-19(17)21-15(6)25-23-22(26-21)16(7)27-29(23)18(9-2)10-3/h13-14,18H,8-12H2,1-7H3. The SMILES string of the molecule is CCc1cc(N(CC)CC)ncc1-c1nc2c(C)nn(C(CC)CC)c2nc1C. The van der Waals surface area contributed by atoms with Gasteiger partial charge in [0.05, 0.1) is 23.1 Å². The molecule has 0 bridgehead atoms. The summed E-state index contributed by atoms with van der Waals surface area (Å²) < 4.78 is 2.07. The molecule has 0 N–H and O–H groups in total. The molecule has 0 saturated carbocycles. The van der Waals surface area contributed by atoms with Crippen LogP contribution in [0.25, 0.3) is 22.4 Å². The molecular weight excluding hydrogens is 360 g/mol. The van der Waals surface area contributed by atoms with E-state index in [1.54, 1.807) is 0 Å². The summed E-state index contributed by atoms with van der Waals surface area (Å²) in [5, 5.41) is 4.78. The topological polar surface area (TPSA) is 59.7 Å². The third-order valence-corrected chi connectivity index (χ3v) is 5.86. The van der Waals surface area contributed by atoms with Crippen LogP contribution in [0.3, 0.4) is 0 Å². The number of rotatable bonds is 8. The van der Waals surface area contributed by atoms with Crippen molar-refractivity contribution in [3.05, 3.63) is 29.2 Å². The van der Waals surface area contributed by atoms with E-state index in [-0.39, 0.29) is 0 Å². The van der Waals surface area contributed by atoms with Crippen molar-refractivity contribution in [1.82, 2.24) is 24.7 Å². The lowest BCUT2D eigenvalue weighted by Crippen LogP contribution is -2.23. The average Bonchev–Trinajstić information content (AvgIpc) is 3.04. The third-order valence-electron chi connectivity index (χ3n) is 5.86. The molecule has 0 spiro atoms. The van der Waals surface area contributed by atoms with E-state index in [9.17, 15) is 0 Å². The Kier molecular flexibility index (Phi) is 6.50. The molecule has 0 aromatic carbocycles. The lowest BCUT2D eigenvalue weighted by Gasteiger charge is -2.21. The molecule has 0 saturated heterocycles. The number of nitrogens with zero attached hydrogens (tertiary/aromatic N) is 6. The zero-order valence-corrected chi connectivity index (χ0v) is 19.0. The van der Waals surface area contributed by atoms with Gasteiger partial charge in [0.15, 0.2) is 5.65 Å². The molecule has 0 atom stereocenters. The lowest BCUT2D eigenvalue weighted by molar-refractivity contribution is 0.436. The van der Waals surface area contributed by atoms with E-state index >= 15 is 0 Å². The minimum absolute atomic E-state index is 0.354. The zero-order chi connectivity index (χ0) is 21.1. The van der Waals surface area contributed by atoms with Gasteiger partial charge in [0.25, 0.3) is 0 Å². The Balaban J connectivity index is 2.15. The molecule has 3 aromatic heterocycles. The van der Waals surface area contributed by atoms with Crippen molar-refractivity contribution in [3.63, 3.8) is 0 Å². The number of anilines is 1. The smallest absolute Gasteiger partial charge is 0.177 e. The fourth-order valence-electron chi connectivity index (χ4n) is 4.02. The number of hydrogen-bond acceptors (Lipinski definition) is 5. The van der Waals surface area contributed by atoms with Crippen molar-refractivity contribution < 1.29 is 0 Å². The number of pyridine rings is 1. The van der Waals surface area contributed by atoms with E-state index < -0.39 is 0 Å². The van der Waals surface area contributed by atoms with Crippen LogP contribution >= 0.6 is 0 Å². The molecule has 3 heterocycles. The van der Waals surface area contributed by atoms with Crippen LogP contribution in [-0.2, 0) is 6.42 Å². The zero-order valence-electron chi connectivity index (χ0n) is 19.0. The first kappa shape index (κ1) is 21.2. The molecule has 0 unspecified atom stereocenters. The third kappa shape index (κ3) is 3.85. The molecule has 29 heavy (non-hydrogen) atoms. The van der Waals surface area contributed by atoms with Gasteiger partial charge in [-0.1, -0.05) is 20.8 Å². The van der Waals surface area contributed by atoms with E-state index in [1.807, 2.05) is 20.0 Å². The monoisotopic (exact) mass is 394 g/mol. The Bertz CT molecular complexity index is 983. The molecule has 6 heteroatoms. The van der Waals surface area contributed by atoms with Crippen molar-refractivity contribution in [2.75, 3.05) is 18.0 Å². The maximum Gasteiger partial charge on any atom is 0.177 e. The first-order valence-corrected chi connectivity index (χ1v) is 11.0. The summed E-state index contributed by atoms with van der Waals surface area (Å²) in [5.41, 5.74) is 6.90. The highest BCUT2D eigenvalue weighted by Gasteiger charge is 2.20.